The summed E-state index contributed by atoms with van der Waals surface area (Å²) in [5.74, 6) is 0.197. The topological polar surface area (TPSA) is 49.8 Å². The van der Waals surface area contributed by atoms with Gasteiger partial charge in [-0.15, -0.1) is 0 Å². The molecule has 1 aliphatic heterocycles. The van der Waals surface area contributed by atoms with Gasteiger partial charge < -0.3 is 9.84 Å². The number of likely N-dealkylation sites (tertiary alicyclic amines) is 1. The fraction of sp³-hybridized carbons (Fsp3) is 0.562. The second-order valence-electron chi connectivity index (χ2n) is 5.28. The van der Waals surface area contributed by atoms with E-state index in [0.29, 0.717) is 12.6 Å². The van der Waals surface area contributed by atoms with E-state index in [-0.39, 0.29) is 6.42 Å². The van der Waals surface area contributed by atoms with E-state index >= 15 is 0 Å². The zero-order valence-corrected chi connectivity index (χ0v) is 11.8. The van der Waals surface area contributed by atoms with Crippen molar-refractivity contribution in [3.05, 3.63) is 30.3 Å². The molecule has 4 heteroatoms. The largest absolute Gasteiger partial charge is 0.492 e. The minimum absolute atomic E-state index is 0.265. The first kappa shape index (κ1) is 14.9. The Morgan fingerprint density at radius 3 is 2.85 bits per heavy atom. The van der Waals surface area contributed by atoms with Crippen LogP contribution in [0.3, 0.4) is 0 Å². The first-order chi connectivity index (χ1) is 9.75. The zero-order chi connectivity index (χ0) is 14.2. The fourth-order valence-corrected chi connectivity index (χ4v) is 2.77. The molecule has 1 heterocycles. The maximum absolute atomic E-state index is 10.7. The number of hydrogen-bond acceptors (Lipinski definition) is 3. The molecule has 1 fully saturated rings. The van der Waals surface area contributed by atoms with Crippen molar-refractivity contribution in [1.82, 2.24) is 4.90 Å². The van der Waals surface area contributed by atoms with E-state index in [4.69, 9.17) is 9.84 Å². The van der Waals surface area contributed by atoms with Crippen LogP contribution >= 0.6 is 0 Å². The zero-order valence-electron chi connectivity index (χ0n) is 11.8. The van der Waals surface area contributed by atoms with Gasteiger partial charge >= 0.3 is 5.97 Å². The number of piperidine rings is 1. The molecule has 0 spiro atoms. The Bertz CT molecular complexity index is 407. The third-order valence-corrected chi connectivity index (χ3v) is 3.83. The third kappa shape index (κ3) is 4.85. The molecule has 0 aromatic heterocycles. The summed E-state index contributed by atoms with van der Waals surface area (Å²) in [6.45, 7) is 2.59. The SMILES string of the molecule is O=C(O)CCC1CCCCN1CCOc1ccccc1. The van der Waals surface area contributed by atoms with Gasteiger partial charge in [-0.1, -0.05) is 24.6 Å². The predicted octanol–water partition coefficient (Wildman–Crippen LogP) is 2.78. The van der Waals surface area contributed by atoms with Gasteiger partial charge in [-0.05, 0) is 37.9 Å². The van der Waals surface area contributed by atoms with Gasteiger partial charge in [-0.2, -0.15) is 0 Å². The molecule has 0 amide bonds. The van der Waals surface area contributed by atoms with Crippen LogP contribution in [-0.4, -0.2) is 41.7 Å². The molecule has 1 unspecified atom stereocenters. The summed E-state index contributed by atoms with van der Waals surface area (Å²) < 4.78 is 5.72. The van der Waals surface area contributed by atoms with Crippen molar-refractivity contribution in [1.29, 1.82) is 0 Å². The molecule has 0 radical (unpaired) electrons. The van der Waals surface area contributed by atoms with Gasteiger partial charge in [-0.3, -0.25) is 9.69 Å². The Morgan fingerprint density at radius 1 is 1.30 bits per heavy atom. The van der Waals surface area contributed by atoms with Crippen LogP contribution in [0.1, 0.15) is 32.1 Å². The summed E-state index contributed by atoms with van der Waals surface area (Å²) in [6, 6.07) is 10.2. The van der Waals surface area contributed by atoms with E-state index in [9.17, 15) is 4.79 Å². The van der Waals surface area contributed by atoms with Crippen LogP contribution in [0.15, 0.2) is 30.3 Å². The Labute approximate surface area is 120 Å². The molecule has 1 aromatic rings. The van der Waals surface area contributed by atoms with Crippen LogP contribution in [0.2, 0.25) is 0 Å². The lowest BCUT2D eigenvalue weighted by Crippen LogP contribution is -2.42. The van der Waals surface area contributed by atoms with Gasteiger partial charge in [0.25, 0.3) is 0 Å². The van der Waals surface area contributed by atoms with Crippen LogP contribution < -0.4 is 4.74 Å². The Kier molecular flexibility index (Phi) is 5.87. The van der Waals surface area contributed by atoms with Crippen LogP contribution in [0.4, 0.5) is 0 Å². The van der Waals surface area contributed by atoms with Crippen LogP contribution in [0.25, 0.3) is 0 Å². The number of hydrogen-bond donors (Lipinski definition) is 1. The van der Waals surface area contributed by atoms with Crippen molar-refractivity contribution in [2.24, 2.45) is 0 Å². The quantitative estimate of drug-likeness (QED) is 0.832. The molecule has 1 aromatic carbocycles. The minimum atomic E-state index is -0.698. The predicted molar refractivity (Wildman–Crippen MR) is 78.0 cm³/mol. The number of carbonyl (C=O) groups is 1. The Hall–Kier alpha value is -1.55. The highest BCUT2D eigenvalue weighted by molar-refractivity contribution is 5.66. The molecule has 1 atom stereocenters. The summed E-state index contributed by atoms with van der Waals surface area (Å²) in [7, 11) is 0. The first-order valence-corrected chi connectivity index (χ1v) is 7.39. The van der Waals surface area contributed by atoms with Gasteiger partial charge in [-0.25, -0.2) is 0 Å². The molecule has 4 nitrogen and oxygen atoms in total. The summed E-state index contributed by atoms with van der Waals surface area (Å²) in [6.07, 6.45) is 4.54. The lowest BCUT2D eigenvalue weighted by atomic mass is 9.98. The van der Waals surface area contributed by atoms with E-state index in [0.717, 1.165) is 31.7 Å². The number of benzene rings is 1. The molecule has 2 rings (SSSR count). The van der Waals surface area contributed by atoms with Gasteiger partial charge in [0.05, 0.1) is 0 Å². The number of aliphatic carboxylic acids is 1. The fourth-order valence-electron chi connectivity index (χ4n) is 2.77. The van der Waals surface area contributed by atoms with Crippen molar-refractivity contribution in [3.8, 4) is 5.75 Å². The summed E-state index contributed by atoms with van der Waals surface area (Å²) in [5, 5.41) is 8.81. The lowest BCUT2D eigenvalue weighted by Gasteiger charge is -2.35. The van der Waals surface area contributed by atoms with Crippen LogP contribution in [0.5, 0.6) is 5.75 Å². The average molecular weight is 277 g/mol. The van der Waals surface area contributed by atoms with Gasteiger partial charge in [0.1, 0.15) is 12.4 Å². The maximum Gasteiger partial charge on any atom is 0.303 e. The molecule has 0 bridgehead atoms. The number of para-hydroxylation sites is 1. The Morgan fingerprint density at radius 2 is 2.10 bits per heavy atom. The summed E-state index contributed by atoms with van der Waals surface area (Å²) >= 11 is 0. The number of ether oxygens (including phenoxy) is 1. The van der Waals surface area contributed by atoms with E-state index in [2.05, 4.69) is 4.90 Å². The summed E-state index contributed by atoms with van der Waals surface area (Å²) in [5.41, 5.74) is 0. The number of carboxylic acids is 1. The third-order valence-electron chi connectivity index (χ3n) is 3.83. The molecule has 1 saturated heterocycles. The lowest BCUT2D eigenvalue weighted by molar-refractivity contribution is -0.137. The van der Waals surface area contributed by atoms with Crippen molar-refractivity contribution in [2.45, 2.75) is 38.1 Å². The van der Waals surface area contributed by atoms with Crippen molar-refractivity contribution in [2.75, 3.05) is 19.7 Å². The van der Waals surface area contributed by atoms with Crippen molar-refractivity contribution in [3.63, 3.8) is 0 Å². The number of carboxylic acid groups (broad SMARTS) is 1. The molecule has 0 saturated carbocycles. The van der Waals surface area contributed by atoms with Gasteiger partial charge in [0.15, 0.2) is 0 Å². The second-order valence-corrected chi connectivity index (χ2v) is 5.28. The van der Waals surface area contributed by atoms with Crippen LogP contribution in [0, 0.1) is 0 Å². The highest BCUT2D eigenvalue weighted by Crippen LogP contribution is 2.20. The number of rotatable bonds is 7. The summed E-state index contributed by atoms with van der Waals surface area (Å²) in [4.78, 5) is 13.1. The van der Waals surface area contributed by atoms with Gasteiger partial charge in [0, 0.05) is 19.0 Å². The maximum atomic E-state index is 10.7. The van der Waals surface area contributed by atoms with E-state index in [1.807, 2.05) is 30.3 Å². The standard InChI is InChI=1S/C16H23NO3/c18-16(19)10-9-14-6-4-5-11-17(14)12-13-20-15-7-2-1-3-8-15/h1-3,7-8,14H,4-6,9-13H2,(H,18,19). The first-order valence-electron chi connectivity index (χ1n) is 7.39. The normalized spacial score (nSPS) is 19.7. The Balaban J connectivity index is 1.75. The van der Waals surface area contributed by atoms with Crippen LogP contribution in [-0.2, 0) is 4.79 Å². The van der Waals surface area contributed by atoms with Gasteiger partial charge in [0.2, 0.25) is 0 Å². The van der Waals surface area contributed by atoms with Crippen molar-refractivity contribution < 1.29 is 14.6 Å². The van der Waals surface area contributed by atoms with E-state index in [1.54, 1.807) is 0 Å². The highest BCUT2D eigenvalue weighted by atomic mass is 16.5. The molecule has 110 valence electrons. The second kappa shape index (κ2) is 7.90. The molecule has 1 N–H and O–H groups in total. The average Bonchev–Trinajstić information content (AvgIpc) is 2.47. The van der Waals surface area contributed by atoms with E-state index < -0.39 is 5.97 Å². The smallest absolute Gasteiger partial charge is 0.303 e. The van der Waals surface area contributed by atoms with Crippen molar-refractivity contribution >= 4 is 5.97 Å². The molecule has 0 aliphatic carbocycles. The van der Waals surface area contributed by atoms with E-state index in [1.165, 1.54) is 12.8 Å². The minimum Gasteiger partial charge on any atom is -0.492 e. The molecular weight excluding hydrogens is 254 g/mol. The highest BCUT2D eigenvalue weighted by Gasteiger charge is 2.22. The molecule has 20 heavy (non-hydrogen) atoms. The number of nitrogens with zero attached hydrogens (tertiary/aromatic N) is 1. The molecular formula is C16H23NO3. The monoisotopic (exact) mass is 277 g/mol. The molecule has 1 aliphatic rings.